The molecule has 1 heteroatoms. The highest BCUT2D eigenvalue weighted by molar-refractivity contribution is 5.97. The van der Waals surface area contributed by atoms with E-state index in [1.807, 2.05) is 0 Å². The third-order valence-corrected chi connectivity index (χ3v) is 11.7. The number of benzene rings is 9. The topological polar surface area (TPSA) is 3.24 Å². The fraction of sp³-hybridized carbons (Fsp3) is 0.0189. The standard InChI is InChI=1S/C53H35N/c1-3-13-36(14-4-1)38-23-25-41-34-39(24-26-40(41)33-38)37-27-29-43(30-28-37)54(42-15-5-2-6-16-42)44-31-32-52-48(35-44)47-19-9-12-22-51(47)53(52)49-20-10-7-17-45(49)46-18-8-11-21-50(46)53/h1-35H. The number of anilines is 3. The zero-order valence-electron chi connectivity index (χ0n) is 29.7. The second kappa shape index (κ2) is 12.0. The average molecular weight is 686 g/mol. The molecule has 0 fully saturated rings. The Kier molecular flexibility index (Phi) is 6.84. The summed E-state index contributed by atoms with van der Waals surface area (Å²) in [7, 11) is 0. The first-order valence-electron chi connectivity index (χ1n) is 18.8. The molecule has 0 saturated heterocycles. The summed E-state index contributed by atoms with van der Waals surface area (Å²) in [4.78, 5) is 2.39. The third-order valence-electron chi connectivity index (χ3n) is 11.7. The second-order valence-corrected chi connectivity index (χ2v) is 14.5. The lowest BCUT2D eigenvalue weighted by Crippen LogP contribution is -2.25. The lowest BCUT2D eigenvalue weighted by molar-refractivity contribution is 0.794. The van der Waals surface area contributed by atoms with Crippen LogP contribution in [0.5, 0.6) is 0 Å². The SMILES string of the molecule is c1ccc(-c2ccc3cc(-c4ccc(N(c5ccccc5)c5ccc6c(c5)-c5ccccc5C65c6ccccc6-c6ccccc65)cc4)ccc3c2)cc1. The second-order valence-electron chi connectivity index (χ2n) is 14.5. The van der Waals surface area contributed by atoms with Crippen LogP contribution in [0.1, 0.15) is 22.3 Å². The monoisotopic (exact) mass is 685 g/mol. The molecule has 2 aliphatic carbocycles. The summed E-state index contributed by atoms with van der Waals surface area (Å²) in [6.45, 7) is 0. The first-order chi connectivity index (χ1) is 26.8. The van der Waals surface area contributed by atoms with Crippen LogP contribution in [0.3, 0.4) is 0 Å². The Morgan fingerprint density at radius 3 is 1.24 bits per heavy atom. The summed E-state index contributed by atoms with van der Waals surface area (Å²) >= 11 is 0. The van der Waals surface area contributed by atoms with Gasteiger partial charge in [0.1, 0.15) is 0 Å². The molecule has 0 amide bonds. The van der Waals surface area contributed by atoms with Crippen molar-refractivity contribution in [1.29, 1.82) is 0 Å². The van der Waals surface area contributed by atoms with Crippen molar-refractivity contribution in [2.24, 2.45) is 0 Å². The lowest BCUT2D eigenvalue weighted by atomic mass is 9.70. The normalized spacial score (nSPS) is 13.0. The molecule has 0 radical (unpaired) electrons. The van der Waals surface area contributed by atoms with E-state index in [2.05, 4.69) is 217 Å². The minimum Gasteiger partial charge on any atom is -0.310 e. The molecule has 2 aliphatic rings. The van der Waals surface area contributed by atoms with Gasteiger partial charge in [0.2, 0.25) is 0 Å². The molecule has 1 spiro atoms. The predicted octanol–water partition coefficient (Wildman–Crippen LogP) is 14.0. The van der Waals surface area contributed by atoms with E-state index in [-0.39, 0.29) is 5.41 Å². The minimum absolute atomic E-state index is 0.347. The maximum Gasteiger partial charge on any atom is 0.0725 e. The van der Waals surface area contributed by atoms with Gasteiger partial charge in [-0.05, 0) is 126 Å². The van der Waals surface area contributed by atoms with E-state index >= 15 is 0 Å². The summed E-state index contributed by atoms with van der Waals surface area (Å²) in [5.41, 5.74) is 18.6. The van der Waals surface area contributed by atoms with Crippen LogP contribution in [-0.2, 0) is 5.41 Å². The number of fused-ring (bicyclic) bond motifs is 11. The summed E-state index contributed by atoms with van der Waals surface area (Å²) in [5.74, 6) is 0. The Labute approximate surface area is 316 Å². The summed E-state index contributed by atoms with van der Waals surface area (Å²) in [5, 5.41) is 2.49. The fourth-order valence-corrected chi connectivity index (χ4v) is 9.29. The van der Waals surface area contributed by atoms with Gasteiger partial charge in [0, 0.05) is 17.1 Å². The summed E-state index contributed by atoms with van der Waals surface area (Å²) in [6.07, 6.45) is 0. The summed E-state index contributed by atoms with van der Waals surface area (Å²) < 4.78 is 0. The van der Waals surface area contributed by atoms with E-state index in [4.69, 9.17) is 0 Å². The highest BCUT2D eigenvalue weighted by atomic mass is 15.1. The van der Waals surface area contributed by atoms with Crippen LogP contribution in [0, 0.1) is 0 Å². The van der Waals surface area contributed by atoms with Gasteiger partial charge in [-0.3, -0.25) is 0 Å². The highest BCUT2D eigenvalue weighted by Gasteiger charge is 2.51. The van der Waals surface area contributed by atoms with Crippen LogP contribution in [-0.4, -0.2) is 0 Å². The molecular formula is C53H35N. The van der Waals surface area contributed by atoms with Crippen LogP contribution in [0.4, 0.5) is 17.1 Å². The van der Waals surface area contributed by atoms with E-state index < -0.39 is 0 Å². The largest absolute Gasteiger partial charge is 0.310 e. The lowest BCUT2D eigenvalue weighted by Gasteiger charge is -2.31. The molecule has 0 unspecified atom stereocenters. The molecule has 0 heterocycles. The predicted molar refractivity (Wildman–Crippen MR) is 226 cm³/mol. The molecule has 9 aromatic rings. The van der Waals surface area contributed by atoms with Crippen molar-refractivity contribution in [2.75, 3.05) is 4.90 Å². The average Bonchev–Trinajstić information content (AvgIpc) is 3.71. The highest BCUT2D eigenvalue weighted by Crippen LogP contribution is 2.63. The number of para-hydroxylation sites is 1. The van der Waals surface area contributed by atoms with E-state index in [9.17, 15) is 0 Å². The van der Waals surface area contributed by atoms with Crippen LogP contribution < -0.4 is 4.90 Å². The molecule has 0 atom stereocenters. The number of nitrogens with zero attached hydrogens (tertiary/aromatic N) is 1. The van der Waals surface area contributed by atoms with Gasteiger partial charge in [-0.2, -0.15) is 0 Å². The number of hydrogen-bond donors (Lipinski definition) is 0. The quantitative estimate of drug-likeness (QED) is 0.174. The van der Waals surface area contributed by atoms with Crippen molar-refractivity contribution in [3.05, 3.63) is 235 Å². The van der Waals surface area contributed by atoms with Gasteiger partial charge in [0.05, 0.1) is 5.41 Å². The number of rotatable bonds is 5. The molecule has 0 aliphatic heterocycles. The van der Waals surface area contributed by atoms with E-state index in [1.165, 1.54) is 77.5 Å². The molecule has 1 nitrogen and oxygen atoms in total. The molecule has 0 saturated carbocycles. The third kappa shape index (κ3) is 4.52. The van der Waals surface area contributed by atoms with Crippen molar-refractivity contribution in [2.45, 2.75) is 5.41 Å². The summed E-state index contributed by atoms with van der Waals surface area (Å²) in [6, 6.07) is 78.1. The van der Waals surface area contributed by atoms with Gasteiger partial charge < -0.3 is 4.90 Å². The van der Waals surface area contributed by atoms with Crippen LogP contribution in [0.15, 0.2) is 212 Å². The first-order valence-corrected chi connectivity index (χ1v) is 18.8. The maximum absolute atomic E-state index is 2.42. The molecule has 11 rings (SSSR count). The van der Waals surface area contributed by atoms with E-state index in [0.29, 0.717) is 0 Å². The van der Waals surface area contributed by atoms with Crippen LogP contribution in [0.2, 0.25) is 0 Å². The Bertz CT molecular complexity index is 2820. The van der Waals surface area contributed by atoms with Gasteiger partial charge in [-0.25, -0.2) is 0 Å². The van der Waals surface area contributed by atoms with Crippen molar-refractivity contribution in [3.63, 3.8) is 0 Å². The van der Waals surface area contributed by atoms with Gasteiger partial charge >= 0.3 is 0 Å². The maximum atomic E-state index is 2.42. The Hall–Kier alpha value is -6.96. The van der Waals surface area contributed by atoms with Crippen molar-refractivity contribution >= 4 is 27.8 Å². The van der Waals surface area contributed by atoms with Crippen molar-refractivity contribution in [1.82, 2.24) is 0 Å². The van der Waals surface area contributed by atoms with Crippen LogP contribution in [0.25, 0.3) is 55.3 Å². The van der Waals surface area contributed by atoms with Gasteiger partial charge in [-0.1, -0.05) is 164 Å². The number of hydrogen-bond acceptors (Lipinski definition) is 1. The Morgan fingerprint density at radius 1 is 0.259 bits per heavy atom. The van der Waals surface area contributed by atoms with Crippen molar-refractivity contribution in [3.8, 4) is 44.5 Å². The zero-order valence-corrected chi connectivity index (χ0v) is 29.7. The Balaban J connectivity index is 1.01. The Morgan fingerprint density at radius 2 is 0.667 bits per heavy atom. The molecule has 0 aromatic heterocycles. The zero-order chi connectivity index (χ0) is 35.6. The van der Waals surface area contributed by atoms with Crippen molar-refractivity contribution < 1.29 is 0 Å². The van der Waals surface area contributed by atoms with E-state index in [0.717, 1.165) is 17.1 Å². The molecule has 252 valence electrons. The minimum atomic E-state index is -0.347. The van der Waals surface area contributed by atoms with Gasteiger partial charge in [0.15, 0.2) is 0 Å². The van der Waals surface area contributed by atoms with E-state index in [1.54, 1.807) is 0 Å². The smallest absolute Gasteiger partial charge is 0.0725 e. The first kappa shape index (κ1) is 30.6. The fourth-order valence-electron chi connectivity index (χ4n) is 9.29. The molecule has 0 bridgehead atoms. The van der Waals surface area contributed by atoms with Crippen LogP contribution >= 0.6 is 0 Å². The molecule has 9 aromatic carbocycles. The van der Waals surface area contributed by atoms with Gasteiger partial charge in [0.25, 0.3) is 0 Å². The molecular weight excluding hydrogens is 651 g/mol. The molecule has 0 N–H and O–H groups in total. The van der Waals surface area contributed by atoms with Gasteiger partial charge in [-0.15, -0.1) is 0 Å². The molecule has 54 heavy (non-hydrogen) atoms.